The number of rotatable bonds is 4. The molecule has 0 aromatic heterocycles. The van der Waals surface area contributed by atoms with E-state index in [1.807, 2.05) is 24.0 Å². The zero-order valence-electron chi connectivity index (χ0n) is 13.1. The highest BCUT2D eigenvalue weighted by Crippen LogP contribution is 2.22. The molecule has 0 aliphatic carbocycles. The molecule has 1 fully saturated rings. The molecule has 6 heteroatoms. The molecule has 3 N–H and O–H groups in total. The number of halogens is 1. The lowest BCUT2D eigenvalue weighted by atomic mass is 10.0. The number of benzene rings is 1. The van der Waals surface area contributed by atoms with Crippen LogP contribution in [0.3, 0.4) is 0 Å². The number of nitrogens with one attached hydrogen (secondary N) is 1. The Balaban J connectivity index is 0.00000242. The van der Waals surface area contributed by atoms with E-state index >= 15 is 0 Å². The van der Waals surface area contributed by atoms with Gasteiger partial charge in [-0.2, -0.15) is 0 Å². The third-order valence-electron chi connectivity index (χ3n) is 4.02. The standard InChI is InChI=1S/C16H23N3O2.ClH/c1-11(10-17)15(20)18-14-7-5-6-13(12(14)2)16(21)19-8-3-4-9-19;/h5-7,11H,3-4,8-10,17H2,1-2H3,(H,18,20);1H. The van der Waals surface area contributed by atoms with Crippen LogP contribution in [0, 0.1) is 12.8 Å². The Hall–Kier alpha value is -1.59. The van der Waals surface area contributed by atoms with Crippen molar-refractivity contribution < 1.29 is 9.59 Å². The first-order valence-electron chi connectivity index (χ1n) is 7.44. The zero-order chi connectivity index (χ0) is 15.4. The second-order valence-corrected chi connectivity index (χ2v) is 5.60. The predicted molar refractivity (Wildman–Crippen MR) is 90.4 cm³/mol. The molecule has 22 heavy (non-hydrogen) atoms. The van der Waals surface area contributed by atoms with E-state index in [1.165, 1.54) is 0 Å². The fourth-order valence-electron chi connectivity index (χ4n) is 2.46. The first kappa shape index (κ1) is 18.5. The Morgan fingerprint density at radius 1 is 1.32 bits per heavy atom. The van der Waals surface area contributed by atoms with E-state index < -0.39 is 0 Å². The summed E-state index contributed by atoms with van der Waals surface area (Å²) in [5, 5.41) is 2.86. The van der Waals surface area contributed by atoms with Crippen LogP contribution in [-0.2, 0) is 4.79 Å². The molecule has 5 nitrogen and oxygen atoms in total. The fraction of sp³-hybridized carbons (Fsp3) is 0.500. The van der Waals surface area contributed by atoms with Crippen molar-refractivity contribution in [2.75, 3.05) is 25.0 Å². The highest BCUT2D eigenvalue weighted by molar-refractivity contribution is 5.99. The lowest BCUT2D eigenvalue weighted by Gasteiger charge is -2.19. The molecule has 0 radical (unpaired) electrons. The molecule has 122 valence electrons. The van der Waals surface area contributed by atoms with Crippen molar-refractivity contribution in [2.24, 2.45) is 11.7 Å². The summed E-state index contributed by atoms with van der Waals surface area (Å²) in [7, 11) is 0. The number of amides is 2. The van der Waals surface area contributed by atoms with E-state index in [9.17, 15) is 9.59 Å². The van der Waals surface area contributed by atoms with Crippen molar-refractivity contribution in [3.8, 4) is 0 Å². The van der Waals surface area contributed by atoms with Gasteiger partial charge in [0.15, 0.2) is 0 Å². The first-order valence-corrected chi connectivity index (χ1v) is 7.44. The molecular weight excluding hydrogens is 302 g/mol. The van der Waals surface area contributed by atoms with Crippen molar-refractivity contribution in [1.29, 1.82) is 0 Å². The molecule has 1 unspecified atom stereocenters. The lowest BCUT2D eigenvalue weighted by molar-refractivity contribution is -0.119. The Morgan fingerprint density at radius 2 is 1.95 bits per heavy atom. The Kier molecular flexibility index (Phi) is 6.84. The van der Waals surface area contributed by atoms with Gasteiger partial charge >= 0.3 is 0 Å². The van der Waals surface area contributed by atoms with Crippen LogP contribution in [-0.4, -0.2) is 36.3 Å². The van der Waals surface area contributed by atoms with Gasteiger partial charge in [-0.05, 0) is 37.5 Å². The summed E-state index contributed by atoms with van der Waals surface area (Å²) >= 11 is 0. The predicted octanol–water partition coefficient (Wildman–Crippen LogP) is 2.19. The second kappa shape index (κ2) is 8.15. The average molecular weight is 326 g/mol. The molecule has 1 aliphatic heterocycles. The lowest BCUT2D eigenvalue weighted by Crippen LogP contribution is -2.29. The van der Waals surface area contributed by atoms with Gasteiger partial charge in [-0.1, -0.05) is 13.0 Å². The summed E-state index contributed by atoms with van der Waals surface area (Å²) in [6, 6.07) is 5.44. The summed E-state index contributed by atoms with van der Waals surface area (Å²) in [6.45, 7) is 5.59. The van der Waals surface area contributed by atoms with Crippen LogP contribution in [0.25, 0.3) is 0 Å². The highest BCUT2D eigenvalue weighted by atomic mass is 35.5. The SMILES string of the molecule is Cc1c(NC(=O)C(C)CN)cccc1C(=O)N1CCCC1.Cl. The van der Waals surface area contributed by atoms with Crippen molar-refractivity contribution in [3.63, 3.8) is 0 Å². The Morgan fingerprint density at radius 3 is 2.55 bits per heavy atom. The van der Waals surface area contributed by atoms with E-state index in [0.717, 1.165) is 31.5 Å². The first-order chi connectivity index (χ1) is 10.0. The van der Waals surface area contributed by atoms with Crippen LogP contribution in [0.15, 0.2) is 18.2 Å². The summed E-state index contributed by atoms with van der Waals surface area (Å²) in [5.41, 5.74) is 7.66. The molecule has 1 atom stereocenters. The summed E-state index contributed by atoms with van der Waals surface area (Å²) < 4.78 is 0. The van der Waals surface area contributed by atoms with E-state index in [4.69, 9.17) is 5.73 Å². The van der Waals surface area contributed by atoms with Gasteiger partial charge in [0.05, 0.1) is 0 Å². The van der Waals surface area contributed by atoms with Crippen LogP contribution in [0.2, 0.25) is 0 Å². The molecule has 0 spiro atoms. The van der Waals surface area contributed by atoms with Gasteiger partial charge in [-0.25, -0.2) is 0 Å². The molecule has 1 aromatic carbocycles. The fourth-order valence-corrected chi connectivity index (χ4v) is 2.46. The maximum Gasteiger partial charge on any atom is 0.254 e. The number of anilines is 1. The van der Waals surface area contributed by atoms with Gasteiger partial charge in [0.2, 0.25) is 5.91 Å². The van der Waals surface area contributed by atoms with E-state index in [-0.39, 0.29) is 30.1 Å². The molecule has 2 amide bonds. The number of carbonyl (C=O) groups is 2. The largest absolute Gasteiger partial charge is 0.339 e. The number of nitrogens with zero attached hydrogens (tertiary/aromatic N) is 1. The van der Waals surface area contributed by atoms with Gasteiger partial charge in [-0.15, -0.1) is 12.4 Å². The summed E-state index contributed by atoms with van der Waals surface area (Å²) in [4.78, 5) is 26.3. The van der Waals surface area contributed by atoms with Crippen molar-refractivity contribution in [3.05, 3.63) is 29.3 Å². The minimum Gasteiger partial charge on any atom is -0.339 e. The van der Waals surface area contributed by atoms with E-state index in [1.54, 1.807) is 13.0 Å². The molecule has 1 saturated heterocycles. The minimum atomic E-state index is -0.248. The maximum absolute atomic E-state index is 12.5. The number of nitrogens with two attached hydrogens (primary N) is 1. The van der Waals surface area contributed by atoms with Crippen LogP contribution in [0.4, 0.5) is 5.69 Å². The second-order valence-electron chi connectivity index (χ2n) is 5.60. The number of likely N-dealkylation sites (tertiary alicyclic amines) is 1. The van der Waals surface area contributed by atoms with Crippen molar-refractivity contribution in [1.82, 2.24) is 4.90 Å². The number of carbonyl (C=O) groups excluding carboxylic acids is 2. The topological polar surface area (TPSA) is 75.4 Å². The van der Waals surface area contributed by atoms with E-state index in [0.29, 0.717) is 17.8 Å². The van der Waals surface area contributed by atoms with Gasteiger partial charge in [0.25, 0.3) is 5.91 Å². The molecule has 1 aromatic rings. The molecule has 2 rings (SSSR count). The van der Waals surface area contributed by atoms with Crippen molar-refractivity contribution in [2.45, 2.75) is 26.7 Å². The third-order valence-corrected chi connectivity index (χ3v) is 4.02. The van der Waals surface area contributed by atoms with Gasteiger partial charge in [0, 0.05) is 36.8 Å². The van der Waals surface area contributed by atoms with Crippen LogP contribution >= 0.6 is 12.4 Å². The molecule has 1 heterocycles. The normalized spacial score (nSPS) is 15.1. The van der Waals surface area contributed by atoms with Gasteiger partial charge in [-0.3, -0.25) is 9.59 Å². The quantitative estimate of drug-likeness (QED) is 0.891. The molecule has 0 bridgehead atoms. The molecular formula is C16H24ClN3O2. The highest BCUT2D eigenvalue weighted by Gasteiger charge is 2.22. The monoisotopic (exact) mass is 325 g/mol. The third kappa shape index (κ3) is 3.99. The maximum atomic E-state index is 12.5. The smallest absolute Gasteiger partial charge is 0.254 e. The summed E-state index contributed by atoms with van der Waals surface area (Å²) in [5.74, 6) is -0.318. The number of hydrogen-bond donors (Lipinski definition) is 2. The Bertz CT molecular complexity index is 542. The van der Waals surface area contributed by atoms with Crippen molar-refractivity contribution >= 4 is 29.9 Å². The Labute approximate surface area is 137 Å². The van der Waals surface area contributed by atoms with Gasteiger partial charge < -0.3 is 16.0 Å². The minimum absolute atomic E-state index is 0. The van der Waals surface area contributed by atoms with Crippen LogP contribution in [0.1, 0.15) is 35.7 Å². The number of hydrogen-bond acceptors (Lipinski definition) is 3. The zero-order valence-corrected chi connectivity index (χ0v) is 13.9. The molecule has 0 saturated carbocycles. The van der Waals surface area contributed by atoms with Gasteiger partial charge in [0.1, 0.15) is 0 Å². The summed E-state index contributed by atoms with van der Waals surface area (Å²) in [6.07, 6.45) is 2.13. The average Bonchev–Trinajstić information content (AvgIpc) is 3.02. The van der Waals surface area contributed by atoms with E-state index in [2.05, 4.69) is 5.32 Å². The van der Waals surface area contributed by atoms with Crippen LogP contribution < -0.4 is 11.1 Å². The van der Waals surface area contributed by atoms with Crippen LogP contribution in [0.5, 0.6) is 0 Å². The molecule has 1 aliphatic rings.